The summed E-state index contributed by atoms with van der Waals surface area (Å²) >= 11 is 0. The van der Waals surface area contributed by atoms with Crippen molar-refractivity contribution in [1.82, 2.24) is 15.0 Å². The monoisotopic (exact) mass is 326 g/mol. The molecule has 0 aliphatic heterocycles. The zero-order valence-electron chi connectivity index (χ0n) is 13.2. The Morgan fingerprint density at radius 3 is 2.77 bits per heavy atom. The van der Waals surface area contributed by atoms with Crippen LogP contribution in [0.5, 0.6) is 5.75 Å². The maximum absolute atomic E-state index is 5.49. The van der Waals surface area contributed by atoms with E-state index in [0.717, 1.165) is 12.3 Å². The van der Waals surface area contributed by atoms with Crippen LogP contribution in [0.1, 0.15) is 37.2 Å². The van der Waals surface area contributed by atoms with Gasteiger partial charge in [0, 0.05) is 6.04 Å². The fraction of sp³-hybridized carbons (Fsp3) is 0.467. The lowest BCUT2D eigenvalue weighted by atomic mass is 10.1. The zero-order valence-corrected chi connectivity index (χ0v) is 14.0. The standard InChI is InChI=1S/C15H22N4O2.ClH/c1-4-19(10-14-17-15(9-16)21-18-14)11(2)12-6-5-7-13(8-12)20-3;/h5-8,11H,4,9-10,16H2,1-3H3;1H. The van der Waals surface area contributed by atoms with Crippen LogP contribution in [0.4, 0.5) is 0 Å². The summed E-state index contributed by atoms with van der Waals surface area (Å²) in [7, 11) is 1.68. The van der Waals surface area contributed by atoms with Crippen molar-refractivity contribution in [2.45, 2.75) is 33.0 Å². The van der Waals surface area contributed by atoms with Crippen LogP contribution in [0.3, 0.4) is 0 Å². The molecule has 0 aliphatic carbocycles. The third kappa shape index (κ3) is 4.43. The van der Waals surface area contributed by atoms with E-state index in [9.17, 15) is 0 Å². The summed E-state index contributed by atoms with van der Waals surface area (Å²) in [5.41, 5.74) is 6.68. The number of hydrogen-bond acceptors (Lipinski definition) is 6. The van der Waals surface area contributed by atoms with E-state index in [4.69, 9.17) is 15.0 Å². The second kappa shape index (κ2) is 8.73. The molecule has 0 spiro atoms. The van der Waals surface area contributed by atoms with Crippen LogP contribution in [-0.2, 0) is 13.1 Å². The number of hydrogen-bond donors (Lipinski definition) is 1. The van der Waals surface area contributed by atoms with Crippen molar-refractivity contribution < 1.29 is 9.26 Å². The molecule has 1 unspecified atom stereocenters. The van der Waals surface area contributed by atoms with Gasteiger partial charge in [-0.1, -0.05) is 24.2 Å². The summed E-state index contributed by atoms with van der Waals surface area (Å²) in [5.74, 6) is 1.99. The van der Waals surface area contributed by atoms with E-state index in [-0.39, 0.29) is 25.0 Å². The van der Waals surface area contributed by atoms with E-state index < -0.39 is 0 Å². The van der Waals surface area contributed by atoms with Crippen LogP contribution in [-0.4, -0.2) is 28.7 Å². The molecule has 2 N–H and O–H groups in total. The van der Waals surface area contributed by atoms with E-state index >= 15 is 0 Å². The smallest absolute Gasteiger partial charge is 0.240 e. The van der Waals surface area contributed by atoms with Gasteiger partial charge in [-0.15, -0.1) is 12.4 Å². The fourth-order valence-electron chi connectivity index (χ4n) is 2.25. The van der Waals surface area contributed by atoms with Crippen molar-refractivity contribution in [2.24, 2.45) is 5.73 Å². The Labute approximate surface area is 137 Å². The number of nitrogens with two attached hydrogens (primary N) is 1. The number of aromatic nitrogens is 2. The molecule has 1 aromatic carbocycles. The Morgan fingerprint density at radius 1 is 1.41 bits per heavy atom. The van der Waals surface area contributed by atoms with Gasteiger partial charge in [0.2, 0.25) is 5.89 Å². The molecule has 122 valence electrons. The summed E-state index contributed by atoms with van der Waals surface area (Å²) < 4.78 is 10.3. The van der Waals surface area contributed by atoms with Crippen molar-refractivity contribution >= 4 is 12.4 Å². The largest absolute Gasteiger partial charge is 0.497 e. The van der Waals surface area contributed by atoms with E-state index in [1.165, 1.54) is 5.56 Å². The highest BCUT2D eigenvalue weighted by Crippen LogP contribution is 2.24. The minimum Gasteiger partial charge on any atom is -0.497 e. The van der Waals surface area contributed by atoms with Gasteiger partial charge in [0.05, 0.1) is 20.2 Å². The Morgan fingerprint density at radius 2 is 2.18 bits per heavy atom. The minimum atomic E-state index is 0. The van der Waals surface area contributed by atoms with E-state index in [2.05, 4.69) is 41.0 Å². The zero-order chi connectivity index (χ0) is 15.2. The molecule has 1 atom stereocenters. The van der Waals surface area contributed by atoms with Crippen LogP contribution in [0.15, 0.2) is 28.8 Å². The molecule has 0 saturated heterocycles. The highest BCUT2D eigenvalue weighted by molar-refractivity contribution is 5.85. The van der Waals surface area contributed by atoms with Crippen LogP contribution in [0.25, 0.3) is 0 Å². The number of ether oxygens (including phenoxy) is 1. The van der Waals surface area contributed by atoms with Gasteiger partial charge in [0.1, 0.15) is 5.75 Å². The summed E-state index contributed by atoms with van der Waals surface area (Å²) in [5, 5.41) is 3.95. The molecule has 7 heteroatoms. The summed E-state index contributed by atoms with van der Waals surface area (Å²) in [6, 6.07) is 8.31. The molecular formula is C15H23ClN4O2. The van der Waals surface area contributed by atoms with E-state index in [1.807, 2.05) is 12.1 Å². The SMILES string of the molecule is CCN(Cc1noc(CN)n1)C(C)c1cccc(OC)c1.Cl. The van der Waals surface area contributed by atoms with Crippen LogP contribution in [0, 0.1) is 0 Å². The molecule has 0 bridgehead atoms. The molecule has 2 aromatic rings. The molecule has 1 aromatic heterocycles. The first-order chi connectivity index (χ1) is 10.2. The van der Waals surface area contributed by atoms with Crippen LogP contribution in [0.2, 0.25) is 0 Å². The highest BCUT2D eigenvalue weighted by Gasteiger charge is 2.17. The lowest BCUT2D eigenvalue weighted by molar-refractivity contribution is 0.204. The van der Waals surface area contributed by atoms with Gasteiger partial charge in [0.15, 0.2) is 5.82 Å². The van der Waals surface area contributed by atoms with Gasteiger partial charge >= 0.3 is 0 Å². The molecule has 0 fully saturated rings. The number of nitrogens with zero attached hydrogens (tertiary/aromatic N) is 3. The molecule has 6 nitrogen and oxygen atoms in total. The van der Waals surface area contributed by atoms with Crippen molar-refractivity contribution in [2.75, 3.05) is 13.7 Å². The Hall–Kier alpha value is -1.63. The molecule has 0 radical (unpaired) electrons. The third-order valence-corrected chi connectivity index (χ3v) is 3.56. The Bertz CT molecular complexity index is 576. The molecule has 1 heterocycles. The number of rotatable bonds is 7. The summed E-state index contributed by atoms with van der Waals surface area (Å²) in [6.45, 7) is 6.04. The molecular weight excluding hydrogens is 304 g/mol. The summed E-state index contributed by atoms with van der Waals surface area (Å²) in [6.07, 6.45) is 0. The maximum Gasteiger partial charge on any atom is 0.240 e. The van der Waals surface area contributed by atoms with Gasteiger partial charge in [-0.3, -0.25) is 4.90 Å². The number of methoxy groups -OCH3 is 1. The van der Waals surface area contributed by atoms with E-state index in [1.54, 1.807) is 7.11 Å². The predicted octanol–water partition coefficient (Wildman–Crippen LogP) is 2.54. The maximum atomic E-state index is 5.49. The predicted molar refractivity (Wildman–Crippen MR) is 86.9 cm³/mol. The molecule has 2 rings (SSSR count). The van der Waals surface area contributed by atoms with Crippen molar-refractivity contribution in [1.29, 1.82) is 0 Å². The minimum absolute atomic E-state index is 0. The van der Waals surface area contributed by atoms with Crippen LogP contribution < -0.4 is 10.5 Å². The fourth-order valence-corrected chi connectivity index (χ4v) is 2.25. The Kier molecular flexibility index (Phi) is 7.31. The first-order valence-corrected chi connectivity index (χ1v) is 7.07. The lowest BCUT2D eigenvalue weighted by Gasteiger charge is -2.27. The summed E-state index contributed by atoms with van der Waals surface area (Å²) in [4.78, 5) is 6.52. The first-order valence-electron chi connectivity index (χ1n) is 7.07. The highest BCUT2D eigenvalue weighted by atomic mass is 35.5. The van der Waals surface area contributed by atoms with Crippen LogP contribution >= 0.6 is 12.4 Å². The topological polar surface area (TPSA) is 77.4 Å². The van der Waals surface area contributed by atoms with Crippen molar-refractivity contribution in [3.63, 3.8) is 0 Å². The third-order valence-electron chi connectivity index (χ3n) is 3.56. The number of benzene rings is 1. The molecule has 0 saturated carbocycles. The van der Waals surface area contributed by atoms with Gasteiger partial charge in [0.25, 0.3) is 0 Å². The quantitative estimate of drug-likeness (QED) is 0.842. The van der Waals surface area contributed by atoms with E-state index in [0.29, 0.717) is 18.3 Å². The average Bonchev–Trinajstić information content (AvgIpc) is 2.99. The molecule has 22 heavy (non-hydrogen) atoms. The Balaban J connectivity index is 0.00000242. The van der Waals surface area contributed by atoms with Crippen molar-refractivity contribution in [3.05, 3.63) is 41.5 Å². The lowest BCUT2D eigenvalue weighted by Crippen LogP contribution is -2.27. The second-order valence-electron chi connectivity index (χ2n) is 4.82. The second-order valence-corrected chi connectivity index (χ2v) is 4.82. The van der Waals surface area contributed by atoms with Gasteiger partial charge < -0.3 is 15.0 Å². The number of halogens is 1. The average molecular weight is 327 g/mol. The van der Waals surface area contributed by atoms with Gasteiger partial charge in [-0.25, -0.2) is 0 Å². The first kappa shape index (κ1) is 18.4. The normalized spacial score (nSPS) is 12.0. The molecule has 0 aliphatic rings. The van der Waals surface area contributed by atoms with Gasteiger partial charge in [-0.2, -0.15) is 4.98 Å². The van der Waals surface area contributed by atoms with Crippen molar-refractivity contribution in [3.8, 4) is 5.75 Å². The molecule has 0 amide bonds. The van der Waals surface area contributed by atoms with Gasteiger partial charge in [-0.05, 0) is 31.2 Å².